The molecule has 0 aromatic carbocycles. The van der Waals surface area contributed by atoms with E-state index < -0.39 is 28.8 Å². The Hall–Kier alpha value is -0.380. The Morgan fingerprint density at radius 1 is 1.05 bits per heavy atom. The van der Waals surface area contributed by atoms with E-state index in [4.69, 9.17) is 4.74 Å². The number of rotatable bonds is 2. The van der Waals surface area contributed by atoms with Gasteiger partial charge in [-0.2, -0.15) is 30.2 Å². The molecule has 2 fully saturated rings. The summed E-state index contributed by atoms with van der Waals surface area (Å²) in [6.07, 6.45) is -4.64. The van der Waals surface area contributed by atoms with E-state index in [-0.39, 0.29) is 44.7 Å². The van der Waals surface area contributed by atoms with Crippen LogP contribution in [0.5, 0.6) is 0 Å². The molecule has 9 heteroatoms. The van der Waals surface area contributed by atoms with E-state index in [0.717, 1.165) is 4.31 Å². The molecule has 0 saturated carbocycles. The van der Waals surface area contributed by atoms with Gasteiger partial charge in [-0.05, 0) is 26.7 Å². The van der Waals surface area contributed by atoms with Crippen molar-refractivity contribution in [3.8, 4) is 0 Å². The lowest BCUT2D eigenvalue weighted by Crippen LogP contribution is -2.55. The second-order valence-corrected chi connectivity index (χ2v) is 7.75. The molecule has 21 heavy (non-hydrogen) atoms. The van der Waals surface area contributed by atoms with Gasteiger partial charge in [0.15, 0.2) is 0 Å². The third kappa shape index (κ3) is 3.88. The largest absolute Gasteiger partial charge is 0.393 e. The van der Waals surface area contributed by atoms with Crippen molar-refractivity contribution in [3.63, 3.8) is 0 Å². The van der Waals surface area contributed by atoms with Crippen LogP contribution in [0.3, 0.4) is 0 Å². The number of alkyl halides is 3. The smallest absolute Gasteiger partial charge is 0.373 e. The second kappa shape index (κ2) is 6.02. The molecule has 0 bridgehead atoms. The molecule has 0 amide bonds. The summed E-state index contributed by atoms with van der Waals surface area (Å²) >= 11 is 0. The number of nitrogens with zero attached hydrogens (tertiary/aromatic N) is 2. The van der Waals surface area contributed by atoms with Gasteiger partial charge in [0.1, 0.15) is 0 Å². The van der Waals surface area contributed by atoms with E-state index in [2.05, 4.69) is 0 Å². The molecule has 0 unspecified atom stereocenters. The maximum atomic E-state index is 12.8. The van der Waals surface area contributed by atoms with Crippen LogP contribution in [0.2, 0.25) is 0 Å². The molecule has 0 aliphatic carbocycles. The summed E-state index contributed by atoms with van der Waals surface area (Å²) in [7, 11) is -3.86. The van der Waals surface area contributed by atoms with Crippen LogP contribution in [0.1, 0.15) is 26.7 Å². The van der Waals surface area contributed by atoms with Gasteiger partial charge in [0.05, 0.1) is 18.1 Å². The number of hydrogen-bond acceptors (Lipinski definition) is 3. The predicted octanol–water partition coefficient (Wildman–Crippen LogP) is 1.61. The van der Waals surface area contributed by atoms with Crippen LogP contribution in [0, 0.1) is 5.92 Å². The minimum atomic E-state index is -4.35. The van der Waals surface area contributed by atoms with Crippen molar-refractivity contribution in [3.05, 3.63) is 0 Å². The van der Waals surface area contributed by atoms with Gasteiger partial charge in [0.2, 0.25) is 0 Å². The van der Waals surface area contributed by atoms with Crippen molar-refractivity contribution in [2.24, 2.45) is 5.92 Å². The van der Waals surface area contributed by atoms with Crippen molar-refractivity contribution in [2.45, 2.75) is 45.1 Å². The number of hydrogen-bond donors (Lipinski definition) is 0. The van der Waals surface area contributed by atoms with Gasteiger partial charge < -0.3 is 4.74 Å². The standard InChI is InChI=1S/C12H21F3N2O3S/c1-9-6-17(7-10(2)20-9)21(18,19)16-5-3-4-11(8-16)12(13,14)15/h9-11H,3-8H2,1-2H3/t9-,10+,11-/m1/s1. The van der Waals surface area contributed by atoms with Crippen LogP contribution in [0.4, 0.5) is 13.2 Å². The molecular formula is C12H21F3N2O3S. The first kappa shape index (κ1) is 17.0. The summed E-state index contributed by atoms with van der Waals surface area (Å²) in [4.78, 5) is 0. The first-order chi connectivity index (χ1) is 9.60. The monoisotopic (exact) mass is 330 g/mol. The number of piperidine rings is 1. The Kier molecular flexibility index (Phi) is 4.87. The van der Waals surface area contributed by atoms with Gasteiger partial charge in [-0.15, -0.1) is 0 Å². The molecule has 2 aliphatic rings. The third-order valence-electron chi connectivity index (χ3n) is 3.89. The van der Waals surface area contributed by atoms with Gasteiger partial charge in [-0.25, -0.2) is 0 Å². The van der Waals surface area contributed by atoms with Crippen molar-refractivity contribution in [2.75, 3.05) is 26.2 Å². The molecule has 5 nitrogen and oxygen atoms in total. The van der Waals surface area contributed by atoms with Gasteiger partial charge in [0.25, 0.3) is 10.2 Å². The van der Waals surface area contributed by atoms with E-state index in [1.54, 1.807) is 13.8 Å². The van der Waals surface area contributed by atoms with E-state index in [9.17, 15) is 21.6 Å². The van der Waals surface area contributed by atoms with E-state index >= 15 is 0 Å². The zero-order chi connectivity index (χ0) is 15.8. The fraction of sp³-hybridized carbons (Fsp3) is 1.00. The first-order valence-corrected chi connectivity index (χ1v) is 8.48. The van der Waals surface area contributed by atoms with E-state index in [1.165, 1.54) is 4.31 Å². The molecule has 2 saturated heterocycles. The highest BCUT2D eigenvalue weighted by atomic mass is 32.2. The molecule has 2 aliphatic heterocycles. The van der Waals surface area contributed by atoms with Crippen molar-refractivity contribution in [1.29, 1.82) is 0 Å². The SMILES string of the molecule is C[C@@H]1CN(S(=O)(=O)N2CCC[C@@H](C(F)(F)F)C2)C[C@H](C)O1. The lowest BCUT2D eigenvalue weighted by Gasteiger charge is -2.40. The summed E-state index contributed by atoms with van der Waals surface area (Å²) in [6.45, 7) is 3.54. The minimum absolute atomic E-state index is 0.00850. The van der Waals surface area contributed by atoms with Crippen LogP contribution >= 0.6 is 0 Å². The zero-order valence-electron chi connectivity index (χ0n) is 12.1. The van der Waals surface area contributed by atoms with E-state index in [0.29, 0.717) is 0 Å². The average molecular weight is 330 g/mol. The summed E-state index contributed by atoms with van der Waals surface area (Å²) in [6, 6.07) is 0. The molecule has 0 radical (unpaired) electrons. The quantitative estimate of drug-likeness (QED) is 0.773. The summed E-state index contributed by atoms with van der Waals surface area (Å²) in [5.74, 6) is -1.57. The Morgan fingerprint density at radius 2 is 1.62 bits per heavy atom. The van der Waals surface area contributed by atoms with Crippen molar-refractivity contribution < 1.29 is 26.3 Å². The fourth-order valence-corrected chi connectivity index (χ4v) is 4.75. The molecule has 0 aromatic heterocycles. The Bertz CT molecular complexity index is 459. The first-order valence-electron chi connectivity index (χ1n) is 7.08. The molecule has 124 valence electrons. The average Bonchev–Trinajstić information content (AvgIpc) is 2.36. The van der Waals surface area contributed by atoms with Crippen LogP contribution in [-0.2, 0) is 14.9 Å². The molecule has 0 aromatic rings. The lowest BCUT2D eigenvalue weighted by molar-refractivity contribution is -0.182. The molecule has 0 N–H and O–H groups in total. The summed E-state index contributed by atoms with van der Waals surface area (Å²) in [5.41, 5.74) is 0. The van der Waals surface area contributed by atoms with Crippen LogP contribution in [0.25, 0.3) is 0 Å². The van der Waals surface area contributed by atoms with Gasteiger partial charge in [-0.1, -0.05) is 0 Å². The highest BCUT2D eigenvalue weighted by Crippen LogP contribution is 2.34. The van der Waals surface area contributed by atoms with Crippen LogP contribution in [0.15, 0.2) is 0 Å². The molecule has 0 spiro atoms. The molecule has 2 rings (SSSR count). The second-order valence-electron chi connectivity index (χ2n) is 5.82. The minimum Gasteiger partial charge on any atom is -0.373 e. The fourth-order valence-electron chi connectivity index (χ4n) is 2.90. The van der Waals surface area contributed by atoms with Gasteiger partial charge in [0, 0.05) is 26.2 Å². The third-order valence-corrected chi connectivity index (χ3v) is 5.82. The maximum Gasteiger partial charge on any atom is 0.393 e. The topological polar surface area (TPSA) is 49.9 Å². The van der Waals surface area contributed by atoms with Gasteiger partial charge in [-0.3, -0.25) is 0 Å². The van der Waals surface area contributed by atoms with Crippen molar-refractivity contribution in [1.82, 2.24) is 8.61 Å². The summed E-state index contributed by atoms with van der Waals surface area (Å²) < 4.78 is 71.2. The maximum absolute atomic E-state index is 12.8. The number of morpholine rings is 1. The number of ether oxygens (including phenoxy) is 1. The van der Waals surface area contributed by atoms with Gasteiger partial charge >= 0.3 is 6.18 Å². The number of halogens is 3. The normalized spacial score (nSPS) is 34.0. The van der Waals surface area contributed by atoms with Crippen molar-refractivity contribution >= 4 is 10.2 Å². The van der Waals surface area contributed by atoms with Crippen LogP contribution in [-0.4, -0.2) is 61.6 Å². The summed E-state index contributed by atoms with van der Waals surface area (Å²) in [5, 5.41) is 0. The predicted molar refractivity (Wildman–Crippen MR) is 70.9 cm³/mol. The lowest BCUT2D eigenvalue weighted by atomic mass is 9.99. The molecule has 3 atom stereocenters. The zero-order valence-corrected chi connectivity index (χ0v) is 13.0. The Balaban J connectivity index is 2.11. The Labute approximate surface area is 123 Å². The molecule has 2 heterocycles. The molecular weight excluding hydrogens is 309 g/mol. The highest BCUT2D eigenvalue weighted by molar-refractivity contribution is 7.86. The van der Waals surface area contributed by atoms with Crippen LogP contribution < -0.4 is 0 Å². The Morgan fingerprint density at radius 3 is 2.14 bits per heavy atom. The highest BCUT2D eigenvalue weighted by Gasteiger charge is 2.45. The van der Waals surface area contributed by atoms with E-state index in [1.807, 2.05) is 0 Å².